The van der Waals surface area contributed by atoms with Crippen LogP contribution in [0.15, 0.2) is 24.3 Å². The Morgan fingerprint density at radius 3 is 1.55 bits per heavy atom. The SMILES string of the molecule is CCCC/C=C\C/C=C\CCCCCCCC(=O)OC[C@H](COP(=O)(O)OCC[N+](C)(C)C)OC(=O)CCCCCCCCCCCCCCCCC. The fourth-order valence-electron chi connectivity index (χ4n) is 5.79. The predicted octanol–water partition coefficient (Wildman–Crippen LogP) is 12.0. The lowest BCUT2D eigenvalue weighted by atomic mass is 10.0. The number of hydrogen-bond acceptors (Lipinski definition) is 7. The molecule has 0 aliphatic rings. The third-order valence-electron chi connectivity index (χ3n) is 9.23. The van der Waals surface area contributed by atoms with Gasteiger partial charge in [0.05, 0.1) is 27.7 Å². The number of phosphoric ester groups is 1. The number of hydrogen-bond donors (Lipinski definition) is 1. The summed E-state index contributed by atoms with van der Waals surface area (Å²) in [6.07, 6.45) is 37.9. The van der Waals surface area contributed by atoms with E-state index in [0.717, 1.165) is 57.8 Å². The van der Waals surface area contributed by atoms with E-state index >= 15 is 0 Å². The molecule has 0 heterocycles. The molecule has 0 aromatic carbocycles. The summed E-state index contributed by atoms with van der Waals surface area (Å²) in [6.45, 7) is 4.37. The Morgan fingerprint density at radius 1 is 0.585 bits per heavy atom. The molecule has 0 radical (unpaired) electrons. The van der Waals surface area contributed by atoms with E-state index in [1.807, 2.05) is 21.1 Å². The standard InChI is InChI=1S/C43H82NO8P/c1-6-8-10-12-14-16-18-20-22-24-26-28-30-32-34-36-43(46)52-41(40-51-53(47,48)50-38-37-44(3,4)5)39-49-42(45)35-33-31-29-27-25-23-21-19-17-15-13-11-9-7-2/h13,15,19,21,41H,6-12,14,16-18,20,22-40H2,1-5H3/p+1/b15-13-,21-19-/t41-/m1/s1. The Bertz CT molecular complexity index is 964. The first kappa shape index (κ1) is 51.5. The van der Waals surface area contributed by atoms with Crippen molar-refractivity contribution in [2.45, 2.75) is 193 Å². The second-order valence-electron chi connectivity index (χ2n) is 15.7. The van der Waals surface area contributed by atoms with Crippen molar-refractivity contribution in [2.24, 2.45) is 0 Å². The Labute approximate surface area is 326 Å². The molecule has 0 amide bonds. The molecule has 2 atom stereocenters. The minimum Gasteiger partial charge on any atom is -0.462 e. The number of allylic oxidation sites excluding steroid dienone is 4. The summed E-state index contributed by atoms with van der Waals surface area (Å²) < 4.78 is 34.3. The molecular weight excluding hydrogens is 689 g/mol. The van der Waals surface area contributed by atoms with Crippen LogP contribution in [0.3, 0.4) is 0 Å². The van der Waals surface area contributed by atoms with Gasteiger partial charge in [-0.25, -0.2) is 4.57 Å². The van der Waals surface area contributed by atoms with Crippen molar-refractivity contribution < 1.29 is 42.1 Å². The van der Waals surface area contributed by atoms with Crippen molar-refractivity contribution in [1.29, 1.82) is 0 Å². The molecule has 0 fully saturated rings. The van der Waals surface area contributed by atoms with Gasteiger partial charge in [0.2, 0.25) is 0 Å². The van der Waals surface area contributed by atoms with Gasteiger partial charge in [-0.2, -0.15) is 0 Å². The third kappa shape index (κ3) is 40.0. The molecule has 0 rings (SSSR count). The van der Waals surface area contributed by atoms with Crippen molar-refractivity contribution in [3.05, 3.63) is 24.3 Å². The molecule has 0 aromatic rings. The van der Waals surface area contributed by atoms with Gasteiger partial charge >= 0.3 is 19.8 Å². The fourth-order valence-corrected chi connectivity index (χ4v) is 6.54. The van der Waals surface area contributed by atoms with Crippen LogP contribution in [0.5, 0.6) is 0 Å². The summed E-state index contributed by atoms with van der Waals surface area (Å²) in [5.74, 6) is -0.809. The zero-order valence-electron chi connectivity index (χ0n) is 35.0. The third-order valence-corrected chi connectivity index (χ3v) is 10.2. The zero-order valence-corrected chi connectivity index (χ0v) is 35.9. The molecule has 1 N–H and O–H groups in total. The van der Waals surface area contributed by atoms with Crippen molar-refractivity contribution in [1.82, 2.24) is 0 Å². The minimum atomic E-state index is -4.37. The number of likely N-dealkylation sites (N-methyl/N-ethyl adjacent to an activating group) is 1. The number of nitrogens with zero attached hydrogens (tertiary/aromatic N) is 1. The zero-order chi connectivity index (χ0) is 39.3. The van der Waals surface area contributed by atoms with Gasteiger partial charge in [0.25, 0.3) is 0 Å². The highest BCUT2D eigenvalue weighted by atomic mass is 31.2. The van der Waals surface area contributed by atoms with E-state index in [4.69, 9.17) is 18.5 Å². The van der Waals surface area contributed by atoms with Crippen LogP contribution >= 0.6 is 7.82 Å². The number of rotatable bonds is 39. The minimum absolute atomic E-state index is 0.0312. The molecule has 53 heavy (non-hydrogen) atoms. The summed E-state index contributed by atoms with van der Waals surface area (Å²) >= 11 is 0. The van der Waals surface area contributed by atoms with Gasteiger partial charge < -0.3 is 18.9 Å². The second-order valence-corrected chi connectivity index (χ2v) is 17.2. The topological polar surface area (TPSA) is 108 Å². The summed E-state index contributed by atoms with van der Waals surface area (Å²) in [5.41, 5.74) is 0. The molecule has 0 aromatic heterocycles. The fraction of sp³-hybridized carbons (Fsp3) is 0.860. The molecule has 0 aliphatic carbocycles. The van der Waals surface area contributed by atoms with Gasteiger partial charge in [-0.1, -0.05) is 160 Å². The maximum Gasteiger partial charge on any atom is 0.472 e. The van der Waals surface area contributed by atoms with E-state index < -0.39 is 26.5 Å². The number of phosphoric acid groups is 1. The van der Waals surface area contributed by atoms with Gasteiger partial charge in [0, 0.05) is 12.8 Å². The van der Waals surface area contributed by atoms with Gasteiger partial charge in [0.1, 0.15) is 19.8 Å². The first-order valence-corrected chi connectivity index (χ1v) is 23.1. The largest absolute Gasteiger partial charge is 0.472 e. The monoisotopic (exact) mass is 773 g/mol. The van der Waals surface area contributed by atoms with E-state index in [-0.39, 0.29) is 32.0 Å². The predicted molar refractivity (Wildman–Crippen MR) is 220 cm³/mol. The molecule has 312 valence electrons. The number of carbonyl (C=O) groups is 2. The van der Waals surface area contributed by atoms with Crippen LogP contribution < -0.4 is 0 Å². The quantitative estimate of drug-likeness (QED) is 0.0216. The molecule has 0 aliphatic heterocycles. The Kier molecular flexibility index (Phi) is 35.1. The van der Waals surface area contributed by atoms with Crippen LogP contribution in [0.4, 0.5) is 0 Å². The molecule has 9 nitrogen and oxygen atoms in total. The van der Waals surface area contributed by atoms with Gasteiger partial charge in [-0.3, -0.25) is 18.6 Å². The molecule has 1 unspecified atom stereocenters. The summed E-state index contributed by atoms with van der Waals surface area (Å²) in [6, 6.07) is 0. The van der Waals surface area contributed by atoms with Crippen molar-refractivity contribution in [3.8, 4) is 0 Å². The van der Waals surface area contributed by atoms with Crippen molar-refractivity contribution in [2.75, 3.05) is 47.5 Å². The summed E-state index contributed by atoms with van der Waals surface area (Å²) in [7, 11) is 1.47. The molecule has 0 saturated heterocycles. The van der Waals surface area contributed by atoms with Crippen LogP contribution in [0.25, 0.3) is 0 Å². The first-order valence-electron chi connectivity index (χ1n) is 21.6. The van der Waals surface area contributed by atoms with Crippen LogP contribution in [-0.2, 0) is 32.7 Å². The smallest absolute Gasteiger partial charge is 0.462 e. The lowest BCUT2D eigenvalue weighted by Crippen LogP contribution is -2.37. The average Bonchev–Trinajstić information content (AvgIpc) is 3.10. The van der Waals surface area contributed by atoms with Crippen molar-refractivity contribution >= 4 is 19.8 Å². The highest BCUT2D eigenvalue weighted by molar-refractivity contribution is 7.47. The van der Waals surface area contributed by atoms with Gasteiger partial charge in [-0.05, 0) is 38.5 Å². The Morgan fingerprint density at radius 2 is 1.04 bits per heavy atom. The highest BCUT2D eigenvalue weighted by Crippen LogP contribution is 2.43. The van der Waals surface area contributed by atoms with E-state index in [1.54, 1.807) is 0 Å². The summed E-state index contributed by atoms with van der Waals surface area (Å²) in [5, 5.41) is 0. The second kappa shape index (κ2) is 36.1. The van der Waals surface area contributed by atoms with Gasteiger partial charge in [-0.15, -0.1) is 0 Å². The van der Waals surface area contributed by atoms with E-state index in [2.05, 4.69) is 38.2 Å². The van der Waals surface area contributed by atoms with Crippen LogP contribution in [-0.4, -0.2) is 74.9 Å². The lowest BCUT2D eigenvalue weighted by molar-refractivity contribution is -0.870. The Hall–Kier alpha value is -1.51. The van der Waals surface area contributed by atoms with E-state index in [1.165, 1.54) is 96.3 Å². The maximum atomic E-state index is 12.7. The first-order chi connectivity index (χ1) is 25.5. The number of ether oxygens (including phenoxy) is 2. The summed E-state index contributed by atoms with van der Waals surface area (Å²) in [4.78, 5) is 35.3. The molecule has 0 bridgehead atoms. The number of esters is 2. The number of quaternary nitrogens is 1. The number of unbranched alkanes of at least 4 members (excludes halogenated alkanes) is 21. The molecule has 0 saturated carbocycles. The lowest BCUT2D eigenvalue weighted by Gasteiger charge is -2.24. The van der Waals surface area contributed by atoms with E-state index in [9.17, 15) is 19.0 Å². The number of carbonyl (C=O) groups excluding carboxylic acids is 2. The van der Waals surface area contributed by atoms with Gasteiger partial charge in [0.15, 0.2) is 6.10 Å². The average molecular weight is 773 g/mol. The Balaban J connectivity index is 4.38. The van der Waals surface area contributed by atoms with Crippen LogP contribution in [0, 0.1) is 0 Å². The highest BCUT2D eigenvalue weighted by Gasteiger charge is 2.27. The molecule has 10 heteroatoms. The van der Waals surface area contributed by atoms with E-state index in [0.29, 0.717) is 17.4 Å². The molecular formula is C43H83NO8P+. The van der Waals surface area contributed by atoms with Crippen molar-refractivity contribution in [3.63, 3.8) is 0 Å². The van der Waals surface area contributed by atoms with Crippen LogP contribution in [0.2, 0.25) is 0 Å². The maximum absolute atomic E-state index is 12.7. The normalized spacial score (nSPS) is 13.8. The molecule has 0 spiro atoms. The van der Waals surface area contributed by atoms with Crippen LogP contribution in [0.1, 0.15) is 187 Å².